The van der Waals surface area contributed by atoms with Crippen molar-refractivity contribution < 1.29 is 9.47 Å². The quantitative estimate of drug-likeness (QED) is 0.404. The molecule has 2 N–H and O–H groups in total. The van der Waals surface area contributed by atoms with Crippen LogP contribution in [-0.2, 0) is 11.3 Å². The average molecular weight is 308 g/mol. The second-order valence-electron chi connectivity index (χ2n) is 5.10. The Balaban J connectivity index is 2.50. The van der Waals surface area contributed by atoms with Gasteiger partial charge in [0, 0.05) is 39.4 Å². The summed E-state index contributed by atoms with van der Waals surface area (Å²) in [6.45, 7) is 3.58. The highest BCUT2D eigenvalue weighted by atomic mass is 16.5. The maximum Gasteiger partial charge on any atom is 0.191 e. The molecule has 0 amide bonds. The molecule has 0 heterocycles. The minimum absolute atomic E-state index is 0.644. The molecule has 6 heteroatoms. The topological polar surface area (TPSA) is 58.1 Å². The predicted octanol–water partition coefficient (Wildman–Crippen LogP) is 0.938. The van der Waals surface area contributed by atoms with Crippen LogP contribution in [0.15, 0.2) is 29.3 Å². The second-order valence-corrected chi connectivity index (χ2v) is 5.10. The van der Waals surface area contributed by atoms with Crippen molar-refractivity contribution in [3.8, 4) is 5.75 Å². The van der Waals surface area contributed by atoms with Crippen LogP contribution in [0.4, 0.5) is 0 Å². The van der Waals surface area contributed by atoms with Gasteiger partial charge in [-0.2, -0.15) is 0 Å². The number of likely N-dealkylation sites (N-methyl/N-ethyl adjacent to an activating group) is 1. The number of para-hydroxylation sites is 1. The number of aliphatic imine (C=N–C) groups is 1. The Bertz CT molecular complexity index is 450. The summed E-state index contributed by atoms with van der Waals surface area (Å²) in [5, 5.41) is 6.46. The van der Waals surface area contributed by atoms with Crippen molar-refractivity contribution in [1.82, 2.24) is 15.5 Å². The van der Waals surface area contributed by atoms with Crippen LogP contribution in [0.5, 0.6) is 5.75 Å². The molecule has 1 rings (SSSR count). The number of hydrogen-bond donors (Lipinski definition) is 2. The minimum Gasteiger partial charge on any atom is -0.492 e. The van der Waals surface area contributed by atoms with Gasteiger partial charge in [0.25, 0.3) is 0 Å². The Morgan fingerprint density at radius 1 is 1.18 bits per heavy atom. The van der Waals surface area contributed by atoms with Crippen molar-refractivity contribution in [3.05, 3.63) is 29.8 Å². The molecule has 0 fully saturated rings. The summed E-state index contributed by atoms with van der Waals surface area (Å²) in [5.41, 5.74) is 1.11. The van der Waals surface area contributed by atoms with Gasteiger partial charge < -0.3 is 25.0 Å². The summed E-state index contributed by atoms with van der Waals surface area (Å²) in [6.07, 6.45) is 0. The van der Waals surface area contributed by atoms with Crippen LogP contribution < -0.4 is 15.4 Å². The van der Waals surface area contributed by atoms with E-state index < -0.39 is 0 Å². The first-order chi connectivity index (χ1) is 10.7. The van der Waals surface area contributed by atoms with Gasteiger partial charge in [-0.3, -0.25) is 4.99 Å². The van der Waals surface area contributed by atoms with E-state index in [0.29, 0.717) is 19.8 Å². The largest absolute Gasteiger partial charge is 0.492 e. The molecular formula is C16H28N4O2. The molecule has 124 valence electrons. The molecule has 6 nitrogen and oxygen atoms in total. The first-order valence-electron chi connectivity index (χ1n) is 7.46. The molecule has 0 bridgehead atoms. The second kappa shape index (κ2) is 10.9. The fourth-order valence-electron chi connectivity index (χ4n) is 1.80. The van der Waals surface area contributed by atoms with Crippen LogP contribution in [0, 0.1) is 0 Å². The number of benzene rings is 1. The van der Waals surface area contributed by atoms with Gasteiger partial charge in [-0.05, 0) is 20.2 Å². The third-order valence-corrected chi connectivity index (χ3v) is 3.04. The lowest BCUT2D eigenvalue weighted by molar-refractivity contribution is 0.203. The minimum atomic E-state index is 0.644. The zero-order valence-electron chi connectivity index (χ0n) is 14.1. The van der Waals surface area contributed by atoms with Gasteiger partial charge in [0.15, 0.2) is 5.96 Å². The van der Waals surface area contributed by atoms with Crippen LogP contribution in [0.25, 0.3) is 0 Å². The number of ether oxygens (including phenoxy) is 2. The summed E-state index contributed by atoms with van der Waals surface area (Å²) < 4.78 is 10.9. The van der Waals surface area contributed by atoms with E-state index in [1.807, 2.05) is 32.3 Å². The van der Waals surface area contributed by atoms with Crippen molar-refractivity contribution in [3.63, 3.8) is 0 Å². The van der Waals surface area contributed by atoms with E-state index in [0.717, 1.165) is 30.4 Å². The van der Waals surface area contributed by atoms with Gasteiger partial charge in [0.1, 0.15) is 12.4 Å². The Hall–Kier alpha value is -1.79. The lowest BCUT2D eigenvalue weighted by Gasteiger charge is -2.16. The average Bonchev–Trinajstić information content (AvgIpc) is 2.51. The number of nitrogens with zero attached hydrogens (tertiary/aromatic N) is 2. The smallest absolute Gasteiger partial charge is 0.191 e. The van der Waals surface area contributed by atoms with Crippen LogP contribution in [0.3, 0.4) is 0 Å². The Labute approximate surface area is 133 Å². The summed E-state index contributed by atoms with van der Waals surface area (Å²) in [6, 6.07) is 8.05. The van der Waals surface area contributed by atoms with Gasteiger partial charge in [-0.15, -0.1) is 0 Å². The molecule has 0 radical (unpaired) electrons. The Morgan fingerprint density at radius 2 is 1.95 bits per heavy atom. The monoisotopic (exact) mass is 308 g/mol. The molecule has 0 unspecified atom stereocenters. The van der Waals surface area contributed by atoms with E-state index >= 15 is 0 Å². The van der Waals surface area contributed by atoms with E-state index in [2.05, 4.69) is 26.6 Å². The van der Waals surface area contributed by atoms with Crippen LogP contribution in [0.1, 0.15) is 5.56 Å². The molecule has 22 heavy (non-hydrogen) atoms. The highest BCUT2D eigenvalue weighted by Crippen LogP contribution is 2.17. The van der Waals surface area contributed by atoms with Gasteiger partial charge in [0.2, 0.25) is 0 Å². The molecule has 0 aromatic heterocycles. The van der Waals surface area contributed by atoms with E-state index in [1.54, 1.807) is 14.2 Å². The van der Waals surface area contributed by atoms with Crippen molar-refractivity contribution >= 4 is 5.96 Å². The first-order valence-corrected chi connectivity index (χ1v) is 7.46. The fourth-order valence-corrected chi connectivity index (χ4v) is 1.80. The van der Waals surface area contributed by atoms with Crippen LogP contribution >= 0.6 is 0 Å². The number of nitrogens with one attached hydrogen (secondary N) is 2. The van der Waals surface area contributed by atoms with Gasteiger partial charge in [-0.25, -0.2) is 0 Å². The van der Waals surface area contributed by atoms with Gasteiger partial charge in [-0.1, -0.05) is 18.2 Å². The molecule has 1 aromatic carbocycles. The Kier molecular flexibility index (Phi) is 9.02. The molecule has 0 saturated carbocycles. The third-order valence-electron chi connectivity index (χ3n) is 3.04. The molecule has 0 atom stereocenters. The van der Waals surface area contributed by atoms with Gasteiger partial charge in [0.05, 0.1) is 6.61 Å². The summed E-state index contributed by atoms with van der Waals surface area (Å²) in [4.78, 5) is 6.28. The van der Waals surface area contributed by atoms with Gasteiger partial charge >= 0.3 is 0 Å². The molecule has 0 spiro atoms. The molecule has 0 aliphatic heterocycles. The van der Waals surface area contributed by atoms with E-state index in [1.165, 1.54) is 0 Å². The highest BCUT2D eigenvalue weighted by Gasteiger charge is 2.04. The van der Waals surface area contributed by atoms with Crippen LogP contribution in [-0.4, -0.2) is 65.4 Å². The molecular weight excluding hydrogens is 280 g/mol. The zero-order valence-corrected chi connectivity index (χ0v) is 14.1. The normalized spacial score (nSPS) is 11.6. The summed E-state index contributed by atoms with van der Waals surface area (Å²) >= 11 is 0. The van der Waals surface area contributed by atoms with Crippen LogP contribution in [0.2, 0.25) is 0 Å². The maximum absolute atomic E-state index is 5.85. The van der Waals surface area contributed by atoms with E-state index in [4.69, 9.17) is 9.47 Å². The predicted molar refractivity (Wildman–Crippen MR) is 90.6 cm³/mol. The number of guanidine groups is 1. The van der Waals surface area contributed by atoms with Crippen molar-refractivity contribution in [2.24, 2.45) is 4.99 Å². The summed E-state index contributed by atoms with van der Waals surface area (Å²) in [5.74, 6) is 1.66. The van der Waals surface area contributed by atoms with E-state index in [-0.39, 0.29) is 0 Å². The standard InChI is InChI=1S/C16H28N4O2/c1-17-16(18-9-11-21-4)19-13-14-7-5-6-8-15(14)22-12-10-20(2)3/h5-8H,9-13H2,1-4H3,(H2,17,18,19). The highest BCUT2D eigenvalue weighted by molar-refractivity contribution is 5.79. The number of rotatable bonds is 9. The van der Waals surface area contributed by atoms with Crippen molar-refractivity contribution in [2.75, 3.05) is 54.6 Å². The zero-order chi connectivity index (χ0) is 16.2. The first kappa shape index (κ1) is 18.3. The maximum atomic E-state index is 5.85. The fraction of sp³-hybridized carbons (Fsp3) is 0.562. The molecule has 0 aliphatic rings. The number of hydrogen-bond acceptors (Lipinski definition) is 4. The third kappa shape index (κ3) is 7.28. The lowest BCUT2D eigenvalue weighted by Crippen LogP contribution is -2.38. The van der Waals surface area contributed by atoms with Crippen molar-refractivity contribution in [1.29, 1.82) is 0 Å². The summed E-state index contributed by atoms with van der Waals surface area (Å²) in [7, 11) is 7.50. The molecule has 0 aliphatic carbocycles. The number of methoxy groups -OCH3 is 1. The van der Waals surface area contributed by atoms with Crippen molar-refractivity contribution in [2.45, 2.75) is 6.54 Å². The molecule has 1 aromatic rings. The molecule has 0 saturated heterocycles. The van der Waals surface area contributed by atoms with E-state index in [9.17, 15) is 0 Å². The lowest BCUT2D eigenvalue weighted by atomic mass is 10.2. The SMILES string of the molecule is CN=C(NCCOC)NCc1ccccc1OCCN(C)C. The Morgan fingerprint density at radius 3 is 2.64 bits per heavy atom.